The van der Waals surface area contributed by atoms with Gasteiger partial charge in [0.05, 0.1) is 24.4 Å². The first-order valence-electron chi connectivity index (χ1n) is 11.9. The van der Waals surface area contributed by atoms with Gasteiger partial charge in [-0.15, -0.1) is 0 Å². The van der Waals surface area contributed by atoms with Gasteiger partial charge in [-0.2, -0.15) is 10.2 Å². The lowest BCUT2D eigenvalue weighted by Gasteiger charge is -2.30. The maximum absolute atomic E-state index is 13.6. The summed E-state index contributed by atoms with van der Waals surface area (Å²) in [5, 5.41) is 23.3. The standard InChI is InChI=1S/C26H26FN7O2/c27-18-3-1-2-16(10-18)14-34-22-7-4-19(11-17(22)13-30-34)32-26-25-24(8-9-33(25)31-15-29-26)36-20-5-6-21(28)23(35)12-20/h1-4,7-11,13,15,20-21,23,35H,5-6,12,14,28H2,(H,29,31,32)/t20-,21-,23?/m0/s1. The van der Waals surface area contributed by atoms with E-state index in [1.807, 2.05) is 41.2 Å². The molecule has 3 aromatic heterocycles. The molecule has 0 spiro atoms. The number of aromatic nitrogens is 5. The van der Waals surface area contributed by atoms with Crippen LogP contribution < -0.4 is 15.8 Å². The minimum absolute atomic E-state index is 0.126. The zero-order chi connectivity index (χ0) is 24.6. The molecule has 10 heteroatoms. The predicted octanol–water partition coefficient (Wildman–Crippen LogP) is 3.63. The molecule has 6 rings (SSSR count). The van der Waals surface area contributed by atoms with Crippen LogP contribution in [-0.4, -0.2) is 47.7 Å². The van der Waals surface area contributed by atoms with Gasteiger partial charge in [0.1, 0.15) is 23.8 Å². The van der Waals surface area contributed by atoms with Crippen molar-refractivity contribution in [1.29, 1.82) is 0 Å². The summed E-state index contributed by atoms with van der Waals surface area (Å²) in [5.41, 5.74) is 9.27. The number of anilines is 2. The summed E-state index contributed by atoms with van der Waals surface area (Å²) in [4.78, 5) is 4.46. The first-order valence-corrected chi connectivity index (χ1v) is 11.9. The molecule has 3 atom stereocenters. The van der Waals surface area contributed by atoms with E-state index >= 15 is 0 Å². The molecule has 3 heterocycles. The predicted molar refractivity (Wildman–Crippen MR) is 134 cm³/mol. The third-order valence-corrected chi connectivity index (χ3v) is 6.66. The first kappa shape index (κ1) is 22.4. The summed E-state index contributed by atoms with van der Waals surface area (Å²) in [6.07, 6.45) is 6.39. The Labute approximate surface area is 206 Å². The van der Waals surface area contributed by atoms with Crippen LogP contribution in [0.3, 0.4) is 0 Å². The number of aliphatic hydroxyl groups is 1. The summed E-state index contributed by atoms with van der Waals surface area (Å²) in [7, 11) is 0. The van der Waals surface area contributed by atoms with E-state index in [1.54, 1.807) is 16.8 Å². The Morgan fingerprint density at radius 3 is 2.92 bits per heavy atom. The quantitative estimate of drug-likeness (QED) is 0.335. The van der Waals surface area contributed by atoms with Crippen molar-refractivity contribution in [3.05, 3.63) is 78.6 Å². The molecular formula is C26H26FN7O2. The van der Waals surface area contributed by atoms with Gasteiger partial charge in [0.25, 0.3) is 0 Å². The molecular weight excluding hydrogens is 461 g/mol. The molecule has 184 valence electrons. The SMILES string of the molecule is N[C@H]1CC[C@H](Oc2ccn3ncnc(Nc4ccc5c(cnn5Cc5cccc(F)c5)c4)c23)CC1O. The molecule has 0 radical (unpaired) electrons. The van der Waals surface area contributed by atoms with E-state index in [-0.39, 0.29) is 18.0 Å². The normalized spacial score (nSPS) is 20.1. The number of ether oxygens (including phenoxy) is 1. The van der Waals surface area contributed by atoms with Gasteiger partial charge in [0.2, 0.25) is 0 Å². The molecule has 5 aromatic rings. The summed E-state index contributed by atoms with van der Waals surface area (Å²) in [6.45, 7) is 0.478. The molecule has 9 nitrogen and oxygen atoms in total. The van der Waals surface area contributed by atoms with Crippen molar-refractivity contribution in [3.8, 4) is 5.75 Å². The van der Waals surface area contributed by atoms with E-state index < -0.39 is 6.10 Å². The number of halogens is 1. The Morgan fingerprint density at radius 1 is 1.14 bits per heavy atom. The fourth-order valence-corrected chi connectivity index (χ4v) is 4.77. The van der Waals surface area contributed by atoms with Gasteiger partial charge in [0.15, 0.2) is 11.6 Å². The highest BCUT2D eigenvalue weighted by atomic mass is 19.1. The molecule has 36 heavy (non-hydrogen) atoms. The molecule has 0 saturated heterocycles. The van der Waals surface area contributed by atoms with Gasteiger partial charge < -0.3 is 20.9 Å². The molecule has 1 fully saturated rings. The maximum atomic E-state index is 13.6. The van der Waals surface area contributed by atoms with Crippen LogP contribution in [0.2, 0.25) is 0 Å². The zero-order valence-electron chi connectivity index (χ0n) is 19.5. The molecule has 1 unspecified atom stereocenters. The molecule has 1 aliphatic rings. The van der Waals surface area contributed by atoms with Crippen molar-refractivity contribution in [2.75, 3.05) is 5.32 Å². The molecule has 0 aliphatic heterocycles. The first-order chi connectivity index (χ1) is 17.5. The second kappa shape index (κ2) is 9.21. The highest BCUT2D eigenvalue weighted by Gasteiger charge is 2.28. The molecule has 4 N–H and O–H groups in total. The third kappa shape index (κ3) is 4.36. The Kier molecular flexibility index (Phi) is 5.74. The molecule has 1 aliphatic carbocycles. The second-order valence-corrected chi connectivity index (χ2v) is 9.20. The van der Waals surface area contributed by atoms with E-state index in [4.69, 9.17) is 10.5 Å². The highest BCUT2D eigenvalue weighted by Crippen LogP contribution is 2.32. The Morgan fingerprint density at radius 2 is 2.06 bits per heavy atom. The van der Waals surface area contributed by atoms with Crippen molar-refractivity contribution >= 4 is 27.9 Å². The zero-order valence-corrected chi connectivity index (χ0v) is 19.5. The minimum Gasteiger partial charge on any atom is -0.488 e. The van der Waals surface area contributed by atoms with Crippen LogP contribution in [-0.2, 0) is 6.54 Å². The fourth-order valence-electron chi connectivity index (χ4n) is 4.77. The van der Waals surface area contributed by atoms with E-state index in [0.29, 0.717) is 36.5 Å². The van der Waals surface area contributed by atoms with Crippen molar-refractivity contribution in [2.24, 2.45) is 5.73 Å². The number of fused-ring (bicyclic) bond motifs is 2. The van der Waals surface area contributed by atoms with Gasteiger partial charge in [-0.1, -0.05) is 12.1 Å². The Hall–Kier alpha value is -4.02. The number of nitrogens with zero attached hydrogens (tertiary/aromatic N) is 5. The number of aliphatic hydroxyl groups excluding tert-OH is 1. The largest absolute Gasteiger partial charge is 0.488 e. The maximum Gasteiger partial charge on any atom is 0.162 e. The number of benzene rings is 2. The van der Waals surface area contributed by atoms with Crippen LogP contribution in [0.25, 0.3) is 16.4 Å². The average molecular weight is 488 g/mol. The number of hydrogen-bond acceptors (Lipinski definition) is 7. The molecule has 0 amide bonds. The van der Waals surface area contributed by atoms with Gasteiger partial charge in [-0.25, -0.2) is 13.9 Å². The summed E-state index contributed by atoms with van der Waals surface area (Å²) in [6, 6.07) is 14.1. The van der Waals surface area contributed by atoms with Crippen LogP contribution in [0.4, 0.5) is 15.9 Å². The second-order valence-electron chi connectivity index (χ2n) is 9.20. The number of rotatable bonds is 6. The van der Waals surface area contributed by atoms with Crippen molar-refractivity contribution in [1.82, 2.24) is 24.4 Å². The van der Waals surface area contributed by atoms with E-state index in [0.717, 1.165) is 28.6 Å². The fraction of sp³-hybridized carbons (Fsp3) is 0.269. The number of hydrogen-bond donors (Lipinski definition) is 3. The number of nitrogens with one attached hydrogen (secondary N) is 1. The van der Waals surface area contributed by atoms with Crippen molar-refractivity contribution in [3.63, 3.8) is 0 Å². The number of nitrogens with two attached hydrogens (primary N) is 1. The Bertz CT molecular complexity index is 1530. The monoisotopic (exact) mass is 487 g/mol. The van der Waals surface area contributed by atoms with Crippen LogP contribution in [0.5, 0.6) is 5.75 Å². The molecule has 1 saturated carbocycles. The van der Waals surface area contributed by atoms with E-state index in [1.165, 1.54) is 18.5 Å². The third-order valence-electron chi connectivity index (χ3n) is 6.66. The minimum atomic E-state index is -0.569. The van der Waals surface area contributed by atoms with Crippen molar-refractivity contribution in [2.45, 2.75) is 44.1 Å². The average Bonchev–Trinajstić information content (AvgIpc) is 3.46. The van der Waals surface area contributed by atoms with Crippen LogP contribution in [0, 0.1) is 5.82 Å². The molecule has 2 aromatic carbocycles. The van der Waals surface area contributed by atoms with Gasteiger partial charge >= 0.3 is 0 Å². The van der Waals surface area contributed by atoms with E-state index in [9.17, 15) is 9.50 Å². The lowest BCUT2D eigenvalue weighted by molar-refractivity contribution is 0.0399. The summed E-state index contributed by atoms with van der Waals surface area (Å²) >= 11 is 0. The van der Waals surface area contributed by atoms with Gasteiger partial charge in [-0.05, 0) is 48.7 Å². The molecule has 0 bridgehead atoms. The van der Waals surface area contributed by atoms with Crippen molar-refractivity contribution < 1.29 is 14.2 Å². The van der Waals surface area contributed by atoms with Gasteiger partial charge in [0, 0.05) is 35.8 Å². The Balaban J connectivity index is 1.25. The lowest BCUT2D eigenvalue weighted by Crippen LogP contribution is -2.43. The topological polar surface area (TPSA) is 116 Å². The summed E-state index contributed by atoms with van der Waals surface area (Å²) in [5.74, 6) is 0.989. The highest BCUT2D eigenvalue weighted by molar-refractivity contribution is 5.86. The van der Waals surface area contributed by atoms with Crippen LogP contribution >= 0.6 is 0 Å². The smallest absolute Gasteiger partial charge is 0.162 e. The summed E-state index contributed by atoms with van der Waals surface area (Å²) < 4.78 is 23.4. The lowest BCUT2D eigenvalue weighted by atomic mass is 9.91. The van der Waals surface area contributed by atoms with Crippen LogP contribution in [0.15, 0.2) is 67.3 Å². The van der Waals surface area contributed by atoms with E-state index in [2.05, 4.69) is 20.5 Å². The van der Waals surface area contributed by atoms with Gasteiger partial charge in [-0.3, -0.25) is 4.68 Å². The van der Waals surface area contributed by atoms with Crippen LogP contribution in [0.1, 0.15) is 24.8 Å².